The third kappa shape index (κ3) is 4.93. The van der Waals surface area contributed by atoms with Gasteiger partial charge >= 0.3 is 12.1 Å². The zero-order chi connectivity index (χ0) is 22.5. The third-order valence-corrected chi connectivity index (χ3v) is 6.28. The molecule has 1 unspecified atom stereocenters. The van der Waals surface area contributed by atoms with Crippen LogP contribution in [0.2, 0.25) is 0 Å². The lowest BCUT2D eigenvalue weighted by atomic mass is 9.98. The standard InChI is InChI=1S/C25H28N2O5/c28-23(27-13-11-17(15-27)14-24(29)30)10-5-12-26-25(31)32-16-22-20-8-3-1-6-18(20)19-7-2-4-9-21(19)22/h1-4,6-9,17,22H,5,10-16H2,(H,26,31)(H,29,30). The van der Waals surface area contributed by atoms with Crippen molar-refractivity contribution < 1.29 is 24.2 Å². The van der Waals surface area contributed by atoms with Crippen molar-refractivity contribution in [3.05, 3.63) is 59.7 Å². The predicted molar refractivity (Wildman–Crippen MR) is 119 cm³/mol. The van der Waals surface area contributed by atoms with Crippen LogP contribution in [0.5, 0.6) is 0 Å². The highest BCUT2D eigenvalue weighted by Crippen LogP contribution is 2.44. The van der Waals surface area contributed by atoms with Crippen molar-refractivity contribution in [3.8, 4) is 11.1 Å². The number of fused-ring (bicyclic) bond motifs is 3. The topological polar surface area (TPSA) is 95.9 Å². The molecule has 2 aromatic carbocycles. The zero-order valence-electron chi connectivity index (χ0n) is 18.0. The Morgan fingerprint density at radius 3 is 2.34 bits per heavy atom. The first-order valence-electron chi connectivity index (χ1n) is 11.1. The Morgan fingerprint density at radius 2 is 1.69 bits per heavy atom. The van der Waals surface area contributed by atoms with Gasteiger partial charge in [-0.2, -0.15) is 0 Å². The summed E-state index contributed by atoms with van der Waals surface area (Å²) >= 11 is 0. The van der Waals surface area contributed by atoms with Gasteiger partial charge in [0.25, 0.3) is 0 Å². The normalized spacial score (nSPS) is 17.0. The lowest BCUT2D eigenvalue weighted by Gasteiger charge is -2.16. The lowest BCUT2D eigenvalue weighted by Crippen LogP contribution is -2.31. The van der Waals surface area contributed by atoms with Gasteiger partial charge in [-0.25, -0.2) is 4.79 Å². The predicted octanol–water partition coefficient (Wildman–Crippen LogP) is 3.63. The highest BCUT2D eigenvalue weighted by Gasteiger charge is 2.29. The Morgan fingerprint density at radius 1 is 1.03 bits per heavy atom. The minimum atomic E-state index is -0.823. The fourth-order valence-corrected chi connectivity index (χ4v) is 4.71. The van der Waals surface area contributed by atoms with Gasteiger partial charge in [0.05, 0.1) is 0 Å². The Labute approximate surface area is 187 Å². The number of nitrogens with zero attached hydrogens (tertiary/aromatic N) is 1. The Kier molecular flexibility index (Phi) is 6.73. The number of alkyl carbamates (subject to hydrolysis) is 1. The Bertz CT molecular complexity index is 960. The minimum absolute atomic E-state index is 0.00669. The largest absolute Gasteiger partial charge is 0.481 e. The van der Waals surface area contributed by atoms with Crippen molar-refractivity contribution in [3.63, 3.8) is 0 Å². The van der Waals surface area contributed by atoms with Crippen molar-refractivity contribution >= 4 is 18.0 Å². The van der Waals surface area contributed by atoms with Crippen LogP contribution in [0.25, 0.3) is 11.1 Å². The van der Waals surface area contributed by atoms with Crippen molar-refractivity contribution in [1.29, 1.82) is 0 Å². The second-order valence-electron chi connectivity index (χ2n) is 8.45. The summed E-state index contributed by atoms with van der Waals surface area (Å²) in [7, 11) is 0. The van der Waals surface area contributed by atoms with Gasteiger partial charge in [0.2, 0.25) is 5.91 Å². The quantitative estimate of drug-likeness (QED) is 0.616. The molecule has 1 aliphatic carbocycles. The van der Waals surface area contributed by atoms with Gasteiger partial charge in [-0.3, -0.25) is 9.59 Å². The number of carbonyl (C=O) groups excluding carboxylic acids is 2. The van der Waals surface area contributed by atoms with E-state index in [-0.39, 0.29) is 30.8 Å². The summed E-state index contributed by atoms with van der Waals surface area (Å²) in [6.45, 7) is 1.73. The highest BCUT2D eigenvalue weighted by atomic mass is 16.5. The van der Waals surface area contributed by atoms with Gasteiger partial charge in [0, 0.05) is 38.4 Å². The summed E-state index contributed by atoms with van der Waals surface area (Å²) in [5, 5.41) is 11.6. The third-order valence-electron chi connectivity index (χ3n) is 6.28. The highest BCUT2D eigenvalue weighted by molar-refractivity contribution is 5.79. The van der Waals surface area contributed by atoms with E-state index in [0.717, 1.165) is 6.42 Å². The van der Waals surface area contributed by atoms with E-state index in [1.54, 1.807) is 4.90 Å². The molecule has 168 valence electrons. The summed E-state index contributed by atoms with van der Waals surface area (Å²) in [5.41, 5.74) is 4.70. The summed E-state index contributed by atoms with van der Waals surface area (Å²) in [6, 6.07) is 16.4. The molecular weight excluding hydrogens is 408 g/mol. The molecule has 32 heavy (non-hydrogen) atoms. The molecule has 7 heteroatoms. The monoisotopic (exact) mass is 436 g/mol. The van der Waals surface area contributed by atoms with E-state index in [4.69, 9.17) is 9.84 Å². The van der Waals surface area contributed by atoms with E-state index < -0.39 is 12.1 Å². The van der Waals surface area contributed by atoms with E-state index in [0.29, 0.717) is 32.5 Å². The summed E-state index contributed by atoms with van der Waals surface area (Å²) in [4.78, 5) is 37.0. The molecule has 1 aliphatic heterocycles. The van der Waals surface area contributed by atoms with Crippen LogP contribution in [0.1, 0.15) is 42.7 Å². The van der Waals surface area contributed by atoms with Crippen LogP contribution in [-0.2, 0) is 14.3 Å². The molecule has 0 aromatic heterocycles. The number of carbonyl (C=O) groups is 3. The molecule has 1 heterocycles. The summed E-state index contributed by atoms with van der Waals surface area (Å²) in [5.74, 6) is -0.761. The maximum Gasteiger partial charge on any atom is 0.407 e. The number of rotatable bonds is 8. The molecule has 0 spiro atoms. The molecule has 7 nitrogen and oxygen atoms in total. The van der Waals surface area contributed by atoms with Crippen LogP contribution in [0.15, 0.2) is 48.5 Å². The molecule has 4 rings (SSSR count). The first kappa shape index (κ1) is 21.9. The Balaban J connectivity index is 1.19. The van der Waals surface area contributed by atoms with Crippen LogP contribution in [0, 0.1) is 5.92 Å². The number of nitrogens with one attached hydrogen (secondary N) is 1. The number of carboxylic acid groups (broad SMARTS) is 1. The number of hydrogen-bond donors (Lipinski definition) is 2. The lowest BCUT2D eigenvalue weighted by molar-refractivity contribution is -0.138. The maximum absolute atomic E-state index is 12.3. The average Bonchev–Trinajstić information content (AvgIpc) is 3.37. The van der Waals surface area contributed by atoms with Gasteiger partial charge < -0.3 is 20.1 Å². The first-order chi connectivity index (χ1) is 15.5. The SMILES string of the molecule is O=C(O)CC1CCN(C(=O)CCCNC(=O)OCC2c3ccccc3-c3ccccc32)C1. The Hall–Kier alpha value is -3.35. The molecule has 2 aliphatic rings. The smallest absolute Gasteiger partial charge is 0.407 e. The van der Waals surface area contributed by atoms with Crippen LogP contribution in [-0.4, -0.2) is 54.2 Å². The van der Waals surface area contributed by atoms with Crippen LogP contribution < -0.4 is 5.32 Å². The minimum Gasteiger partial charge on any atom is -0.481 e. The average molecular weight is 437 g/mol. The van der Waals surface area contributed by atoms with E-state index in [2.05, 4.69) is 29.6 Å². The van der Waals surface area contributed by atoms with Crippen molar-refractivity contribution in [2.75, 3.05) is 26.2 Å². The fraction of sp³-hybridized carbons (Fsp3) is 0.400. The van der Waals surface area contributed by atoms with E-state index in [1.807, 2.05) is 24.3 Å². The van der Waals surface area contributed by atoms with Gasteiger partial charge in [0.15, 0.2) is 0 Å². The summed E-state index contributed by atoms with van der Waals surface area (Å²) in [6.07, 6.45) is 1.19. The van der Waals surface area contributed by atoms with Crippen LogP contribution in [0.3, 0.4) is 0 Å². The number of carboxylic acids is 1. The van der Waals surface area contributed by atoms with Crippen LogP contribution >= 0.6 is 0 Å². The number of likely N-dealkylation sites (tertiary alicyclic amines) is 1. The first-order valence-corrected chi connectivity index (χ1v) is 11.1. The second-order valence-corrected chi connectivity index (χ2v) is 8.45. The number of amides is 2. The molecule has 1 saturated heterocycles. The molecule has 0 radical (unpaired) electrons. The molecular formula is C25H28N2O5. The van der Waals surface area contributed by atoms with Crippen LogP contribution in [0.4, 0.5) is 4.79 Å². The second kappa shape index (κ2) is 9.85. The molecule has 2 N–H and O–H groups in total. The van der Waals surface area contributed by atoms with E-state index in [9.17, 15) is 14.4 Å². The van der Waals surface area contributed by atoms with Crippen molar-refractivity contribution in [2.45, 2.75) is 31.6 Å². The number of aliphatic carboxylic acids is 1. The van der Waals surface area contributed by atoms with Gasteiger partial charge in [-0.15, -0.1) is 0 Å². The van der Waals surface area contributed by atoms with E-state index >= 15 is 0 Å². The number of hydrogen-bond acceptors (Lipinski definition) is 4. The molecule has 2 aromatic rings. The molecule has 1 fully saturated rings. The number of benzene rings is 2. The van der Waals surface area contributed by atoms with E-state index in [1.165, 1.54) is 22.3 Å². The van der Waals surface area contributed by atoms with Gasteiger partial charge in [-0.05, 0) is 41.0 Å². The fourth-order valence-electron chi connectivity index (χ4n) is 4.71. The maximum atomic E-state index is 12.3. The number of ether oxygens (including phenoxy) is 1. The van der Waals surface area contributed by atoms with Gasteiger partial charge in [-0.1, -0.05) is 48.5 Å². The van der Waals surface area contributed by atoms with Crippen molar-refractivity contribution in [2.24, 2.45) is 5.92 Å². The molecule has 0 saturated carbocycles. The molecule has 2 amide bonds. The van der Waals surface area contributed by atoms with Gasteiger partial charge in [0.1, 0.15) is 6.61 Å². The summed E-state index contributed by atoms with van der Waals surface area (Å²) < 4.78 is 5.50. The molecule has 1 atom stereocenters. The molecule has 0 bridgehead atoms. The zero-order valence-corrected chi connectivity index (χ0v) is 18.0. The van der Waals surface area contributed by atoms with Crippen molar-refractivity contribution in [1.82, 2.24) is 10.2 Å².